The Hall–Kier alpha value is -1.20. The predicted molar refractivity (Wildman–Crippen MR) is 90.9 cm³/mol. The molecular weight excluding hydrogens is 298 g/mol. The van der Waals surface area contributed by atoms with Gasteiger partial charge in [0.15, 0.2) is 0 Å². The standard InChI is InChI=1S/C14H10N6.2Na/c15-19-17-13-7-3-11(4-8-13)1-2-12-5-9-14(10-6-12)18-20-16;;/h1-10H;;. The largest absolute Gasteiger partial charge is 0.0608 e. The SMILES string of the molecule is [N-]=[N+]=Nc1ccc(C=Cc2ccc(N=[N+]=[N-])cc2)cc1.[Na].[Na]. The van der Waals surface area contributed by atoms with Gasteiger partial charge in [-0.05, 0) is 22.2 Å². The van der Waals surface area contributed by atoms with Crippen molar-refractivity contribution in [1.29, 1.82) is 0 Å². The maximum Gasteiger partial charge on any atom is 0.0375 e. The van der Waals surface area contributed by atoms with Crippen LogP contribution >= 0.6 is 0 Å². The second kappa shape index (κ2) is 11.4. The Kier molecular flexibility index (Phi) is 10.8. The molecular formula is C14H10N6Na2. The normalized spacial score (nSPS) is 8.91. The maximum atomic E-state index is 8.32. The Morgan fingerprint density at radius 1 is 0.636 bits per heavy atom. The summed E-state index contributed by atoms with van der Waals surface area (Å²) in [6.45, 7) is 0. The number of hydrogen-bond acceptors (Lipinski definition) is 2. The summed E-state index contributed by atoms with van der Waals surface area (Å²) >= 11 is 0. The summed E-state index contributed by atoms with van der Waals surface area (Å²) in [4.78, 5) is 5.45. The first-order valence-electron chi connectivity index (χ1n) is 5.80. The summed E-state index contributed by atoms with van der Waals surface area (Å²) in [6.07, 6.45) is 3.89. The molecule has 98 valence electrons. The van der Waals surface area contributed by atoms with Gasteiger partial charge in [0.1, 0.15) is 0 Å². The summed E-state index contributed by atoms with van der Waals surface area (Å²) in [6, 6.07) is 14.5. The monoisotopic (exact) mass is 308 g/mol. The molecule has 8 heteroatoms. The van der Waals surface area contributed by atoms with Crippen molar-refractivity contribution in [3.05, 3.63) is 80.5 Å². The van der Waals surface area contributed by atoms with E-state index in [1.807, 2.05) is 36.4 Å². The molecule has 0 bridgehead atoms. The first-order valence-corrected chi connectivity index (χ1v) is 5.80. The third-order valence-electron chi connectivity index (χ3n) is 2.57. The van der Waals surface area contributed by atoms with Gasteiger partial charge in [0.25, 0.3) is 0 Å². The predicted octanol–water partition coefficient (Wildman–Crippen LogP) is 4.98. The van der Waals surface area contributed by atoms with E-state index in [0.717, 1.165) is 11.1 Å². The smallest absolute Gasteiger partial charge is 0.0375 e. The van der Waals surface area contributed by atoms with E-state index in [4.69, 9.17) is 11.1 Å². The number of hydrogen-bond donors (Lipinski definition) is 0. The molecule has 0 N–H and O–H groups in total. The van der Waals surface area contributed by atoms with Gasteiger partial charge in [-0.3, -0.25) is 0 Å². The zero-order valence-electron chi connectivity index (χ0n) is 12.5. The Bertz CT molecular complexity index is 649. The molecule has 0 aliphatic rings. The molecule has 0 amide bonds. The average molecular weight is 308 g/mol. The van der Waals surface area contributed by atoms with Gasteiger partial charge in [-0.25, -0.2) is 0 Å². The van der Waals surface area contributed by atoms with Crippen LogP contribution < -0.4 is 0 Å². The quantitative estimate of drug-likeness (QED) is 0.250. The van der Waals surface area contributed by atoms with Crippen molar-refractivity contribution in [2.45, 2.75) is 0 Å². The van der Waals surface area contributed by atoms with Crippen LogP contribution in [0.5, 0.6) is 0 Å². The van der Waals surface area contributed by atoms with Gasteiger partial charge < -0.3 is 0 Å². The van der Waals surface area contributed by atoms with Crippen LogP contribution in [0.2, 0.25) is 0 Å². The summed E-state index contributed by atoms with van der Waals surface area (Å²) in [5.74, 6) is 0. The van der Waals surface area contributed by atoms with Gasteiger partial charge in [0, 0.05) is 80.3 Å². The van der Waals surface area contributed by atoms with Crippen molar-refractivity contribution in [2.75, 3.05) is 0 Å². The Labute approximate surface area is 172 Å². The average Bonchev–Trinajstić information content (AvgIpc) is 2.49. The summed E-state index contributed by atoms with van der Waals surface area (Å²) in [5.41, 5.74) is 19.8. The van der Waals surface area contributed by atoms with Crippen molar-refractivity contribution in [1.82, 2.24) is 0 Å². The summed E-state index contributed by atoms with van der Waals surface area (Å²) < 4.78 is 0. The molecule has 0 saturated carbocycles. The maximum absolute atomic E-state index is 8.32. The van der Waals surface area contributed by atoms with Crippen LogP contribution in [-0.2, 0) is 0 Å². The molecule has 2 aromatic rings. The third kappa shape index (κ3) is 6.71. The van der Waals surface area contributed by atoms with Crippen LogP contribution in [0.25, 0.3) is 33.0 Å². The molecule has 2 rings (SSSR count). The van der Waals surface area contributed by atoms with E-state index < -0.39 is 0 Å². The van der Waals surface area contributed by atoms with E-state index in [-0.39, 0.29) is 59.1 Å². The minimum Gasteiger partial charge on any atom is -0.0608 e. The van der Waals surface area contributed by atoms with Gasteiger partial charge >= 0.3 is 0 Å². The van der Waals surface area contributed by atoms with E-state index in [9.17, 15) is 0 Å². The molecule has 0 aliphatic carbocycles. The van der Waals surface area contributed by atoms with Crippen LogP contribution in [0.3, 0.4) is 0 Å². The fraction of sp³-hybridized carbons (Fsp3) is 0. The zero-order chi connectivity index (χ0) is 14.2. The van der Waals surface area contributed by atoms with Crippen molar-refractivity contribution in [3.8, 4) is 0 Å². The first-order chi connectivity index (χ1) is 9.81. The van der Waals surface area contributed by atoms with Crippen LogP contribution in [0.15, 0.2) is 58.8 Å². The molecule has 0 atom stereocenters. The Balaban J connectivity index is 0.00000220. The molecule has 6 nitrogen and oxygen atoms in total. The molecule has 2 aromatic carbocycles. The van der Waals surface area contributed by atoms with Crippen molar-refractivity contribution >= 4 is 82.6 Å². The number of benzene rings is 2. The van der Waals surface area contributed by atoms with Crippen LogP contribution in [-0.4, -0.2) is 59.1 Å². The van der Waals surface area contributed by atoms with E-state index in [0.29, 0.717) is 11.4 Å². The molecule has 22 heavy (non-hydrogen) atoms. The second-order valence-corrected chi connectivity index (χ2v) is 3.90. The number of nitrogens with zero attached hydrogens (tertiary/aromatic N) is 6. The van der Waals surface area contributed by atoms with Gasteiger partial charge in [0.05, 0.1) is 0 Å². The van der Waals surface area contributed by atoms with Crippen LogP contribution in [0.1, 0.15) is 11.1 Å². The zero-order valence-corrected chi connectivity index (χ0v) is 16.5. The van der Waals surface area contributed by atoms with Crippen LogP contribution in [0.4, 0.5) is 11.4 Å². The van der Waals surface area contributed by atoms with Crippen molar-refractivity contribution in [2.24, 2.45) is 10.2 Å². The minimum atomic E-state index is 0. The van der Waals surface area contributed by atoms with E-state index in [2.05, 4.69) is 20.1 Å². The van der Waals surface area contributed by atoms with Gasteiger partial charge in [-0.1, -0.05) is 70.9 Å². The fourth-order valence-corrected chi connectivity index (χ4v) is 1.60. The number of azide groups is 2. The first kappa shape index (κ1) is 20.8. The molecule has 0 fully saturated rings. The molecule has 0 aromatic heterocycles. The molecule has 0 unspecified atom stereocenters. The molecule has 0 heterocycles. The van der Waals surface area contributed by atoms with Crippen molar-refractivity contribution < 1.29 is 0 Å². The van der Waals surface area contributed by atoms with Crippen LogP contribution in [0, 0.1) is 0 Å². The van der Waals surface area contributed by atoms with Gasteiger partial charge in [-0.15, -0.1) is 0 Å². The molecule has 0 saturated heterocycles. The minimum absolute atomic E-state index is 0. The third-order valence-corrected chi connectivity index (χ3v) is 2.57. The Morgan fingerprint density at radius 3 is 1.23 bits per heavy atom. The molecule has 2 radical (unpaired) electrons. The second-order valence-electron chi connectivity index (χ2n) is 3.90. The summed E-state index contributed by atoms with van der Waals surface area (Å²) in [5, 5.41) is 7.02. The van der Waals surface area contributed by atoms with E-state index in [1.54, 1.807) is 24.3 Å². The molecule has 0 spiro atoms. The number of rotatable bonds is 4. The van der Waals surface area contributed by atoms with E-state index in [1.165, 1.54) is 0 Å². The molecule has 0 aliphatic heterocycles. The summed E-state index contributed by atoms with van der Waals surface area (Å²) in [7, 11) is 0. The topological polar surface area (TPSA) is 97.5 Å². The van der Waals surface area contributed by atoms with Crippen molar-refractivity contribution in [3.63, 3.8) is 0 Å². The fourth-order valence-electron chi connectivity index (χ4n) is 1.60. The van der Waals surface area contributed by atoms with Gasteiger partial charge in [0.2, 0.25) is 0 Å². The van der Waals surface area contributed by atoms with Gasteiger partial charge in [-0.2, -0.15) is 0 Å². The van der Waals surface area contributed by atoms with E-state index >= 15 is 0 Å². The Morgan fingerprint density at radius 2 is 0.955 bits per heavy atom.